The van der Waals surface area contributed by atoms with Gasteiger partial charge in [0.2, 0.25) is 5.91 Å². The minimum Gasteiger partial charge on any atom is -0.352 e. The third kappa shape index (κ3) is 6.12. The second-order valence-corrected chi connectivity index (χ2v) is 7.45. The molecule has 1 aliphatic rings. The zero-order valence-corrected chi connectivity index (χ0v) is 18.7. The Bertz CT molecular complexity index is 757. The molecule has 2 aromatic rings. The number of rotatable bonds is 5. The number of amides is 1. The van der Waals surface area contributed by atoms with E-state index in [0.29, 0.717) is 24.5 Å². The van der Waals surface area contributed by atoms with E-state index in [9.17, 15) is 4.79 Å². The first-order chi connectivity index (χ1) is 12.6. The first-order valence-electron chi connectivity index (χ1n) is 8.46. The zero-order chi connectivity index (χ0) is 18.5. The number of nitrogens with zero attached hydrogens (tertiary/aromatic N) is 4. The van der Waals surface area contributed by atoms with Crippen molar-refractivity contribution in [3.63, 3.8) is 0 Å². The molecular formula is C18H24Cl3N5OS. The minimum absolute atomic E-state index is 0. The van der Waals surface area contributed by atoms with Crippen molar-refractivity contribution in [3.8, 4) is 0 Å². The van der Waals surface area contributed by atoms with Crippen LogP contribution in [-0.2, 0) is 11.2 Å². The fourth-order valence-electron chi connectivity index (χ4n) is 3.03. The normalized spacial score (nSPS) is 14.7. The highest BCUT2D eigenvalue weighted by atomic mass is 35.5. The van der Waals surface area contributed by atoms with Crippen LogP contribution in [0.5, 0.6) is 0 Å². The van der Waals surface area contributed by atoms with Crippen LogP contribution in [0.4, 0.5) is 5.82 Å². The molecule has 6 nitrogen and oxygen atoms in total. The van der Waals surface area contributed by atoms with Gasteiger partial charge in [0.25, 0.3) is 0 Å². The summed E-state index contributed by atoms with van der Waals surface area (Å²) in [7, 11) is 0. The molecule has 28 heavy (non-hydrogen) atoms. The number of benzene rings is 1. The number of halogens is 3. The summed E-state index contributed by atoms with van der Waals surface area (Å²) < 4.78 is 0. The molecule has 0 aliphatic carbocycles. The summed E-state index contributed by atoms with van der Waals surface area (Å²) in [6.07, 6.45) is 5.91. The lowest BCUT2D eigenvalue weighted by Crippen LogP contribution is -2.54. The maximum absolute atomic E-state index is 12.7. The summed E-state index contributed by atoms with van der Waals surface area (Å²) in [5.41, 5.74) is 7.16. The molecule has 0 spiro atoms. The number of thioether (sulfide) groups is 1. The first-order valence-corrected chi connectivity index (χ1v) is 10.1. The number of piperazine rings is 1. The van der Waals surface area contributed by atoms with Gasteiger partial charge in [0.1, 0.15) is 12.1 Å². The van der Waals surface area contributed by atoms with Crippen LogP contribution < -0.4 is 10.6 Å². The number of aromatic nitrogens is 2. The summed E-state index contributed by atoms with van der Waals surface area (Å²) >= 11 is 7.52. The Balaban J connectivity index is 0.00000196. The Morgan fingerprint density at radius 2 is 1.86 bits per heavy atom. The van der Waals surface area contributed by atoms with Gasteiger partial charge in [-0.15, -0.1) is 36.6 Å². The maximum Gasteiger partial charge on any atom is 0.239 e. The average molecular weight is 465 g/mol. The van der Waals surface area contributed by atoms with Crippen LogP contribution >= 0.6 is 48.2 Å². The Morgan fingerprint density at radius 3 is 2.46 bits per heavy atom. The molecule has 0 saturated carbocycles. The van der Waals surface area contributed by atoms with Crippen LogP contribution in [-0.4, -0.2) is 59.3 Å². The monoisotopic (exact) mass is 463 g/mol. The van der Waals surface area contributed by atoms with E-state index >= 15 is 0 Å². The highest BCUT2D eigenvalue weighted by Crippen LogP contribution is 2.26. The Kier molecular flexibility index (Phi) is 10.3. The predicted molar refractivity (Wildman–Crippen MR) is 120 cm³/mol. The van der Waals surface area contributed by atoms with Crippen LogP contribution in [0, 0.1) is 0 Å². The van der Waals surface area contributed by atoms with Crippen molar-refractivity contribution in [2.24, 2.45) is 5.73 Å². The quantitative estimate of drug-likeness (QED) is 0.686. The summed E-state index contributed by atoms with van der Waals surface area (Å²) in [5, 5.41) is 0.680. The third-order valence-electron chi connectivity index (χ3n) is 4.46. The van der Waals surface area contributed by atoms with Gasteiger partial charge in [0, 0.05) is 37.4 Å². The molecule has 10 heteroatoms. The van der Waals surface area contributed by atoms with Crippen molar-refractivity contribution in [3.05, 3.63) is 47.4 Å². The molecule has 2 N–H and O–H groups in total. The number of carbonyl (C=O) groups excluding carboxylic acids is 1. The molecule has 0 radical (unpaired) electrons. The molecule has 154 valence electrons. The number of hydrogen-bond acceptors (Lipinski definition) is 6. The molecular weight excluding hydrogens is 441 g/mol. The molecule has 1 atom stereocenters. The number of nitrogens with two attached hydrogens (primary N) is 1. The Hall–Kier alpha value is -1.25. The topological polar surface area (TPSA) is 75.4 Å². The summed E-state index contributed by atoms with van der Waals surface area (Å²) in [6, 6.07) is 6.91. The van der Waals surface area contributed by atoms with Gasteiger partial charge in [0.05, 0.1) is 10.9 Å². The van der Waals surface area contributed by atoms with Gasteiger partial charge in [0.15, 0.2) is 0 Å². The molecule has 1 aromatic heterocycles. The van der Waals surface area contributed by atoms with Gasteiger partial charge >= 0.3 is 0 Å². The minimum atomic E-state index is -0.538. The summed E-state index contributed by atoms with van der Waals surface area (Å²) in [6.45, 7) is 2.77. The van der Waals surface area contributed by atoms with Crippen LogP contribution in [0.15, 0.2) is 41.7 Å². The maximum atomic E-state index is 12.7. The second kappa shape index (κ2) is 11.7. The van der Waals surface area contributed by atoms with E-state index in [4.69, 9.17) is 17.3 Å². The number of carbonyl (C=O) groups is 1. The molecule has 1 aliphatic heterocycles. The van der Waals surface area contributed by atoms with Crippen molar-refractivity contribution in [2.45, 2.75) is 17.4 Å². The van der Waals surface area contributed by atoms with E-state index in [1.165, 1.54) is 0 Å². The summed E-state index contributed by atoms with van der Waals surface area (Å²) in [5.74, 6) is 0.928. The molecule has 1 saturated heterocycles. The van der Waals surface area contributed by atoms with Crippen LogP contribution in [0.2, 0.25) is 5.02 Å². The second-order valence-electron chi connectivity index (χ2n) is 6.16. The Morgan fingerprint density at radius 1 is 1.21 bits per heavy atom. The van der Waals surface area contributed by atoms with E-state index in [1.807, 2.05) is 41.6 Å². The average Bonchev–Trinajstić information content (AvgIpc) is 2.69. The van der Waals surface area contributed by atoms with Crippen molar-refractivity contribution >= 4 is 59.9 Å². The standard InChI is InChI=1S/C18H22ClN5OS.2ClH/c1-26-16-11-21-12-22-17(16)23-6-8-24(9-7-23)18(25)15(20)10-13-2-4-14(19)5-3-13;;/h2-5,11-12,15H,6-10,20H2,1H3;2*1H/t15-;;/m1../s1. The molecule has 1 fully saturated rings. The first kappa shape index (κ1) is 24.8. The third-order valence-corrected chi connectivity index (χ3v) is 5.44. The summed E-state index contributed by atoms with van der Waals surface area (Å²) in [4.78, 5) is 26.2. The Labute approximate surface area is 187 Å². The van der Waals surface area contributed by atoms with E-state index in [-0.39, 0.29) is 30.7 Å². The number of hydrogen-bond donors (Lipinski definition) is 1. The van der Waals surface area contributed by atoms with Gasteiger partial charge in [-0.3, -0.25) is 4.79 Å². The van der Waals surface area contributed by atoms with Crippen molar-refractivity contribution in [1.82, 2.24) is 14.9 Å². The largest absolute Gasteiger partial charge is 0.352 e. The van der Waals surface area contributed by atoms with Gasteiger partial charge in [-0.25, -0.2) is 9.97 Å². The fourth-order valence-corrected chi connectivity index (χ4v) is 3.68. The molecule has 1 aromatic carbocycles. The zero-order valence-electron chi connectivity index (χ0n) is 15.5. The lowest BCUT2D eigenvalue weighted by atomic mass is 10.1. The highest BCUT2D eigenvalue weighted by Gasteiger charge is 2.26. The molecule has 0 unspecified atom stereocenters. The van der Waals surface area contributed by atoms with Gasteiger partial charge in [-0.1, -0.05) is 23.7 Å². The van der Waals surface area contributed by atoms with E-state index < -0.39 is 6.04 Å². The van der Waals surface area contributed by atoms with Crippen LogP contribution in [0.25, 0.3) is 0 Å². The van der Waals surface area contributed by atoms with Crippen molar-refractivity contribution < 1.29 is 4.79 Å². The van der Waals surface area contributed by atoms with E-state index in [0.717, 1.165) is 29.4 Å². The van der Waals surface area contributed by atoms with Gasteiger partial charge < -0.3 is 15.5 Å². The van der Waals surface area contributed by atoms with Crippen molar-refractivity contribution in [2.75, 3.05) is 37.3 Å². The molecule has 3 rings (SSSR count). The molecule has 1 amide bonds. The van der Waals surface area contributed by atoms with Crippen LogP contribution in [0.1, 0.15) is 5.56 Å². The molecule has 0 bridgehead atoms. The lowest BCUT2D eigenvalue weighted by molar-refractivity contribution is -0.132. The fraction of sp³-hybridized carbons (Fsp3) is 0.389. The van der Waals surface area contributed by atoms with Crippen molar-refractivity contribution in [1.29, 1.82) is 0 Å². The van der Waals surface area contributed by atoms with Gasteiger partial charge in [-0.05, 0) is 30.4 Å². The highest BCUT2D eigenvalue weighted by molar-refractivity contribution is 7.98. The smallest absolute Gasteiger partial charge is 0.239 e. The van der Waals surface area contributed by atoms with E-state index in [2.05, 4.69) is 14.9 Å². The predicted octanol–water partition coefficient (Wildman–Crippen LogP) is 2.91. The van der Waals surface area contributed by atoms with Crippen LogP contribution in [0.3, 0.4) is 0 Å². The number of anilines is 1. The lowest BCUT2D eigenvalue weighted by Gasteiger charge is -2.37. The SMILES string of the molecule is CSc1cncnc1N1CCN(C(=O)[C@H](N)Cc2ccc(Cl)cc2)CC1.Cl.Cl. The molecule has 2 heterocycles. The van der Waals surface area contributed by atoms with E-state index in [1.54, 1.807) is 18.1 Å². The van der Waals surface area contributed by atoms with Gasteiger partial charge in [-0.2, -0.15) is 0 Å².